The van der Waals surface area contributed by atoms with Gasteiger partial charge in [0.2, 0.25) is 0 Å². The summed E-state index contributed by atoms with van der Waals surface area (Å²) in [6.07, 6.45) is 5.40. The fourth-order valence-electron chi connectivity index (χ4n) is 2.23. The molecule has 0 amide bonds. The monoisotopic (exact) mass is 274 g/mol. The predicted molar refractivity (Wildman–Crippen MR) is 77.3 cm³/mol. The highest BCUT2D eigenvalue weighted by atomic mass is 19.1. The van der Waals surface area contributed by atoms with Crippen molar-refractivity contribution in [2.75, 3.05) is 14.2 Å². The molecule has 1 heterocycles. The van der Waals surface area contributed by atoms with E-state index in [1.807, 2.05) is 31.4 Å². The van der Waals surface area contributed by atoms with Gasteiger partial charge in [-0.05, 0) is 49.2 Å². The number of nitrogens with one attached hydrogen (secondary N) is 1. The van der Waals surface area contributed by atoms with Gasteiger partial charge in [-0.3, -0.25) is 4.98 Å². The summed E-state index contributed by atoms with van der Waals surface area (Å²) in [4.78, 5) is 4.10. The normalized spacial score (nSPS) is 12.2. The van der Waals surface area contributed by atoms with E-state index in [0.717, 1.165) is 18.4 Å². The van der Waals surface area contributed by atoms with Crippen molar-refractivity contribution >= 4 is 0 Å². The Hall–Kier alpha value is -1.94. The fraction of sp³-hybridized carbons (Fsp3) is 0.312. The summed E-state index contributed by atoms with van der Waals surface area (Å²) in [5.41, 5.74) is 2.11. The van der Waals surface area contributed by atoms with Crippen molar-refractivity contribution in [2.24, 2.45) is 0 Å². The van der Waals surface area contributed by atoms with Crippen molar-refractivity contribution in [1.29, 1.82) is 0 Å². The molecule has 1 unspecified atom stereocenters. The van der Waals surface area contributed by atoms with Crippen LogP contribution in [0.5, 0.6) is 5.75 Å². The molecule has 1 N–H and O–H groups in total. The lowest BCUT2D eigenvalue weighted by Crippen LogP contribution is -2.17. The summed E-state index contributed by atoms with van der Waals surface area (Å²) in [6.45, 7) is 0. The molecular weight excluding hydrogens is 255 g/mol. The third-order valence-corrected chi connectivity index (χ3v) is 3.37. The number of hydrogen-bond acceptors (Lipinski definition) is 3. The van der Waals surface area contributed by atoms with Crippen LogP contribution in [0.3, 0.4) is 0 Å². The van der Waals surface area contributed by atoms with E-state index in [0.29, 0.717) is 0 Å². The third kappa shape index (κ3) is 3.54. The highest BCUT2D eigenvalue weighted by Crippen LogP contribution is 2.24. The zero-order valence-corrected chi connectivity index (χ0v) is 11.8. The zero-order chi connectivity index (χ0) is 14.4. The number of ether oxygens (including phenoxy) is 1. The standard InChI is InChI=1S/C16H19FN2O/c1-18-15(7-5-12-4-3-9-19-11-12)13-6-8-16(20-2)14(17)10-13/h3-4,6,8-11,15,18H,5,7H2,1-2H3. The number of aromatic nitrogens is 1. The lowest BCUT2D eigenvalue weighted by atomic mass is 9.99. The number of methoxy groups -OCH3 is 1. The molecule has 0 aliphatic heterocycles. The van der Waals surface area contributed by atoms with E-state index in [9.17, 15) is 4.39 Å². The Labute approximate surface area is 118 Å². The number of rotatable bonds is 6. The van der Waals surface area contributed by atoms with Crippen molar-refractivity contribution in [3.8, 4) is 5.75 Å². The van der Waals surface area contributed by atoms with E-state index in [-0.39, 0.29) is 17.6 Å². The molecule has 0 saturated heterocycles. The van der Waals surface area contributed by atoms with Gasteiger partial charge in [0, 0.05) is 18.4 Å². The fourth-order valence-corrected chi connectivity index (χ4v) is 2.23. The molecule has 0 aliphatic rings. The SMILES string of the molecule is CNC(CCc1cccnc1)c1ccc(OC)c(F)c1. The van der Waals surface area contributed by atoms with E-state index in [4.69, 9.17) is 4.74 Å². The maximum absolute atomic E-state index is 13.7. The second-order valence-electron chi connectivity index (χ2n) is 4.64. The molecule has 2 rings (SSSR count). The Morgan fingerprint density at radius 1 is 1.35 bits per heavy atom. The van der Waals surface area contributed by atoms with Crippen LogP contribution in [0.25, 0.3) is 0 Å². The molecule has 0 radical (unpaired) electrons. The van der Waals surface area contributed by atoms with Gasteiger partial charge in [0.15, 0.2) is 11.6 Å². The minimum atomic E-state index is -0.327. The first-order chi connectivity index (χ1) is 9.74. The number of pyridine rings is 1. The van der Waals surface area contributed by atoms with Crippen molar-refractivity contribution in [1.82, 2.24) is 10.3 Å². The van der Waals surface area contributed by atoms with Crippen LogP contribution in [0.2, 0.25) is 0 Å². The molecule has 3 nitrogen and oxygen atoms in total. The first-order valence-corrected chi connectivity index (χ1v) is 6.64. The van der Waals surface area contributed by atoms with Crippen molar-refractivity contribution in [3.63, 3.8) is 0 Å². The van der Waals surface area contributed by atoms with Gasteiger partial charge in [-0.2, -0.15) is 0 Å². The van der Waals surface area contributed by atoms with E-state index < -0.39 is 0 Å². The molecule has 0 fully saturated rings. The van der Waals surface area contributed by atoms with Gasteiger partial charge in [-0.15, -0.1) is 0 Å². The molecule has 20 heavy (non-hydrogen) atoms. The molecule has 1 aromatic heterocycles. The summed E-state index contributed by atoms with van der Waals surface area (Å²) < 4.78 is 18.7. The quantitative estimate of drug-likeness (QED) is 0.878. The van der Waals surface area contributed by atoms with Gasteiger partial charge in [0.05, 0.1) is 7.11 Å². The minimum absolute atomic E-state index is 0.107. The average Bonchev–Trinajstić information content (AvgIpc) is 2.49. The molecule has 0 saturated carbocycles. The van der Waals surface area contributed by atoms with Crippen LogP contribution < -0.4 is 10.1 Å². The largest absolute Gasteiger partial charge is 0.494 e. The second-order valence-corrected chi connectivity index (χ2v) is 4.64. The van der Waals surface area contributed by atoms with Crippen LogP contribution in [-0.4, -0.2) is 19.1 Å². The molecule has 0 aliphatic carbocycles. The lowest BCUT2D eigenvalue weighted by Gasteiger charge is -2.17. The Kier molecular flexibility index (Phi) is 5.07. The van der Waals surface area contributed by atoms with Crippen molar-refractivity contribution < 1.29 is 9.13 Å². The molecule has 4 heteroatoms. The van der Waals surface area contributed by atoms with E-state index in [2.05, 4.69) is 10.3 Å². The maximum Gasteiger partial charge on any atom is 0.165 e. The number of aryl methyl sites for hydroxylation is 1. The highest BCUT2D eigenvalue weighted by molar-refractivity contribution is 5.31. The van der Waals surface area contributed by atoms with Gasteiger partial charge < -0.3 is 10.1 Å². The molecule has 106 valence electrons. The van der Waals surface area contributed by atoms with Crippen molar-refractivity contribution in [2.45, 2.75) is 18.9 Å². The van der Waals surface area contributed by atoms with Crippen LogP contribution in [0, 0.1) is 5.82 Å². The molecule has 1 atom stereocenters. The van der Waals surface area contributed by atoms with Gasteiger partial charge >= 0.3 is 0 Å². The van der Waals surface area contributed by atoms with E-state index in [1.165, 1.54) is 18.7 Å². The van der Waals surface area contributed by atoms with Crippen LogP contribution in [-0.2, 0) is 6.42 Å². The van der Waals surface area contributed by atoms with Gasteiger partial charge in [0.25, 0.3) is 0 Å². The number of hydrogen-bond donors (Lipinski definition) is 1. The average molecular weight is 274 g/mol. The first kappa shape index (κ1) is 14.5. The Bertz CT molecular complexity index is 545. The number of nitrogens with zero attached hydrogens (tertiary/aromatic N) is 1. The van der Waals surface area contributed by atoms with Crippen LogP contribution in [0.15, 0.2) is 42.7 Å². The molecule has 2 aromatic rings. The summed E-state index contributed by atoms with van der Waals surface area (Å²) in [5.74, 6) is -0.0532. The number of halogens is 1. The topological polar surface area (TPSA) is 34.2 Å². The van der Waals surface area contributed by atoms with E-state index >= 15 is 0 Å². The summed E-state index contributed by atoms with van der Waals surface area (Å²) in [5, 5.41) is 3.23. The summed E-state index contributed by atoms with van der Waals surface area (Å²) in [6, 6.07) is 9.18. The summed E-state index contributed by atoms with van der Waals surface area (Å²) >= 11 is 0. The van der Waals surface area contributed by atoms with Gasteiger partial charge in [0.1, 0.15) is 0 Å². The molecule has 0 bridgehead atoms. The molecular formula is C16H19FN2O. The minimum Gasteiger partial charge on any atom is -0.494 e. The molecule has 0 spiro atoms. The van der Waals surface area contributed by atoms with Crippen molar-refractivity contribution in [3.05, 3.63) is 59.7 Å². The first-order valence-electron chi connectivity index (χ1n) is 6.64. The van der Waals surface area contributed by atoms with E-state index in [1.54, 1.807) is 12.3 Å². The van der Waals surface area contributed by atoms with Gasteiger partial charge in [-0.25, -0.2) is 4.39 Å². The second kappa shape index (κ2) is 7.01. The summed E-state index contributed by atoms with van der Waals surface area (Å²) in [7, 11) is 3.35. The highest BCUT2D eigenvalue weighted by Gasteiger charge is 2.12. The maximum atomic E-state index is 13.7. The predicted octanol–water partition coefficient (Wildman–Crippen LogP) is 3.12. The Balaban J connectivity index is 2.06. The number of benzene rings is 1. The third-order valence-electron chi connectivity index (χ3n) is 3.37. The Morgan fingerprint density at radius 3 is 2.80 bits per heavy atom. The van der Waals surface area contributed by atoms with Crippen LogP contribution >= 0.6 is 0 Å². The van der Waals surface area contributed by atoms with Crippen LogP contribution in [0.4, 0.5) is 4.39 Å². The van der Waals surface area contributed by atoms with Gasteiger partial charge in [-0.1, -0.05) is 12.1 Å². The Morgan fingerprint density at radius 2 is 2.20 bits per heavy atom. The van der Waals surface area contributed by atoms with Crippen LogP contribution in [0.1, 0.15) is 23.6 Å². The zero-order valence-electron chi connectivity index (χ0n) is 11.8. The molecule has 1 aromatic carbocycles. The lowest BCUT2D eigenvalue weighted by molar-refractivity contribution is 0.385. The smallest absolute Gasteiger partial charge is 0.165 e.